The molecule has 4 aromatic rings. The Morgan fingerprint density at radius 2 is 2.07 bits per heavy atom. The van der Waals surface area contributed by atoms with E-state index in [2.05, 4.69) is 20.4 Å². The fraction of sp³-hybridized carbons (Fsp3) is 0.222. The van der Waals surface area contributed by atoms with E-state index in [-0.39, 0.29) is 35.8 Å². The molecule has 0 aliphatic heterocycles. The highest BCUT2D eigenvalue weighted by Gasteiger charge is 2.20. The fourth-order valence-corrected chi connectivity index (χ4v) is 3.15. The quantitative estimate of drug-likeness (QED) is 0.456. The first kappa shape index (κ1) is 19.7. The lowest BCUT2D eigenvalue weighted by Crippen LogP contribution is -2.22. The van der Waals surface area contributed by atoms with Crippen LogP contribution < -0.4 is 11.3 Å². The molecule has 0 fully saturated rings. The normalized spacial score (nSPS) is 12.4. The van der Waals surface area contributed by atoms with E-state index >= 15 is 0 Å². The predicted molar refractivity (Wildman–Crippen MR) is 105 cm³/mol. The Labute approximate surface area is 173 Å². The number of rotatable bonds is 6. The van der Waals surface area contributed by atoms with Gasteiger partial charge in [-0.15, -0.1) is 10.2 Å². The van der Waals surface area contributed by atoms with E-state index in [9.17, 15) is 14.7 Å². The van der Waals surface area contributed by atoms with Gasteiger partial charge in [0.2, 0.25) is 5.71 Å². The average Bonchev–Trinajstić information content (AvgIpc) is 3.29. The van der Waals surface area contributed by atoms with Crippen molar-refractivity contribution < 1.29 is 14.3 Å². The van der Waals surface area contributed by atoms with Crippen LogP contribution in [0.25, 0.3) is 11.1 Å². The zero-order chi connectivity index (χ0) is 21.4. The molecular formula is C18H16ClN7O4. The van der Waals surface area contributed by atoms with Crippen LogP contribution in [0.15, 0.2) is 39.8 Å². The molecule has 0 aliphatic rings. The molecule has 0 spiro atoms. The molecule has 0 bridgehead atoms. The minimum absolute atomic E-state index is 0.00462. The predicted octanol–water partition coefficient (Wildman–Crippen LogP) is 0.819. The van der Waals surface area contributed by atoms with Crippen molar-refractivity contribution in [1.29, 1.82) is 0 Å². The molecular weight excluding hydrogens is 414 g/mol. The van der Waals surface area contributed by atoms with E-state index < -0.39 is 17.6 Å². The largest absolute Gasteiger partial charge is 0.432 e. The van der Waals surface area contributed by atoms with Gasteiger partial charge in [-0.3, -0.25) is 14.2 Å². The van der Waals surface area contributed by atoms with E-state index in [1.54, 1.807) is 31.2 Å². The lowest BCUT2D eigenvalue weighted by Gasteiger charge is -2.09. The van der Waals surface area contributed by atoms with Gasteiger partial charge in [-0.1, -0.05) is 23.7 Å². The Hall–Kier alpha value is -3.57. The van der Waals surface area contributed by atoms with Crippen LogP contribution in [0.3, 0.4) is 0 Å². The Morgan fingerprint density at radius 1 is 1.33 bits per heavy atom. The Kier molecular flexibility index (Phi) is 5.06. The maximum atomic E-state index is 12.8. The van der Waals surface area contributed by atoms with Gasteiger partial charge in [0, 0.05) is 10.6 Å². The minimum Gasteiger partial charge on any atom is -0.432 e. The van der Waals surface area contributed by atoms with Gasteiger partial charge in [0.05, 0.1) is 13.1 Å². The second-order valence-electron chi connectivity index (χ2n) is 6.61. The fourth-order valence-electron chi connectivity index (χ4n) is 3.02. The van der Waals surface area contributed by atoms with Gasteiger partial charge in [-0.05, 0) is 29.8 Å². The van der Waals surface area contributed by atoms with Crippen LogP contribution in [0.5, 0.6) is 0 Å². The van der Waals surface area contributed by atoms with Gasteiger partial charge in [-0.25, -0.2) is 4.98 Å². The lowest BCUT2D eigenvalue weighted by atomic mass is 10.1. The summed E-state index contributed by atoms with van der Waals surface area (Å²) in [5.41, 5.74) is 5.85. The molecule has 0 saturated heterocycles. The summed E-state index contributed by atoms with van der Waals surface area (Å²) in [5, 5.41) is 23.1. The number of tetrazole rings is 1. The number of aliphatic hydroxyl groups excluding tert-OH is 1. The smallest absolute Gasteiger partial charge is 0.284 e. The van der Waals surface area contributed by atoms with Gasteiger partial charge in [0.15, 0.2) is 11.6 Å². The van der Waals surface area contributed by atoms with Gasteiger partial charge in [0.25, 0.3) is 11.5 Å². The summed E-state index contributed by atoms with van der Waals surface area (Å²) in [4.78, 5) is 29.5. The van der Waals surface area contributed by atoms with Crippen molar-refractivity contribution in [1.82, 2.24) is 29.8 Å². The van der Waals surface area contributed by atoms with Crippen molar-refractivity contribution in [2.75, 3.05) is 0 Å². The average molecular weight is 430 g/mol. The number of nitrogens with zero attached hydrogens (tertiary/aromatic N) is 6. The number of nitrogens with two attached hydrogens (primary N) is 1. The zero-order valence-electron chi connectivity index (χ0n) is 15.7. The van der Waals surface area contributed by atoms with Gasteiger partial charge in [-0.2, -0.15) is 4.80 Å². The molecule has 1 aromatic carbocycles. The Morgan fingerprint density at radius 3 is 2.77 bits per heavy atom. The number of benzene rings is 1. The summed E-state index contributed by atoms with van der Waals surface area (Å²) in [6.45, 7) is 1.63. The maximum Gasteiger partial charge on any atom is 0.284 e. The summed E-state index contributed by atoms with van der Waals surface area (Å²) < 4.78 is 6.53. The topological polar surface area (TPSA) is 155 Å². The molecule has 0 aliphatic carbocycles. The first-order valence-corrected chi connectivity index (χ1v) is 9.20. The van der Waals surface area contributed by atoms with E-state index in [0.29, 0.717) is 16.1 Å². The highest BCUT2D eigenvalue weighted by atomic mass is 35.5. The second kappa shape index (κ2) is 7.69. The van der Waals surface area contributed by atoms with Crippen LogP contribution in [0.1, 0.15) is 33.6 Å². The Balaban J connectivity index is 1.55. The monoisotopic (exact) mass is 429 g/mol. The summed E-state index contributed by atoms with van der Waals surface area (Å²) in [7, 11) is 0. The molecule has 1 amide bonds. The number of halogens is 1. The summed E-state index contributed by atoms with van der Waals surface area (Å²) in [6.07, 6.45) is 0.410. The highest BCUT2D eigenvalue weighted by Crippen LogP contribution is 2.20. The third-order valence-corrected chi connectivity index (χ3v) is 4.79. The molecule has 11 nitrogen and oxygen atoms in total. The SMILES string of the molecule is Cc1c(C(N)=O)oc2ncn(Cc3nnn(C[C@H](O)c4ccc(Cl)cc4)n3)c(=O)c12. The van der Waals surface area contributed by atoms with Gasteiger partial charge >= 0.3 is 0 Å². The van der Waals surface area contributed by atoms with Crippen molar-refractivity contribution in [2.45, 2.75) is 26.1 Å². The molecule has 4 rings (SSSR count). The Bertz CT molecular complexity index is 1290. The molecule has 30 heavy (non-hydrogen) atoms. The number of hydrogen-bond acceptors (Lipinski definition) is 8. The van der Waals surface area contributed by atoms with Crippen molar-refractivity contribution in [3.63, 3.8) is 0 Å². The van der Waals surface area contributed by atoms with Crippen molar-refractivity contribution in [3.05, 3.63) is 68.7 Å². The number of fused-ring (bicyclic) bond motifs is 1. The maximum absolute atomic E-state index is 12.8. The van der Waals surface area contributed by atoms with Crippen LogP contribution in [-0.2, 0) is 13.1 Å². The number of aliphatic hydroxyl groups is 1. The minimum atomic E-state index is -0.856. The number of carbonyl (C=O) groups is 1. The number of aryl methyl sites for hydroxylation is 1. The van der Waals surface area contributed by atoms with Gasteiger partial charge < -0.3 is 15.3 Å². The molecule has 154 valence electrons. The van der Waals surface area contributed by atoms with Crippen LogP contribution in [0.2, 0.25) is 5.02 Å². The molecule has 0 saturated carbocycles. The molecule has 0 radical (unpaired) electrons. The highest BCUT2D eigenvalue weighted by molar-refractivity contribution is 6.30. The number of hydrogen-bond donors (Lipinski definition) is 2. The molecule has 3 aromatic heterocycles. The second-order valence-corrected chi connectivity index (χ2v) is 7.04. The summed E-state index contributed by atoms with van der Waals surface area (Å²) in [6, 6.07) is 6.77. The van der Waals surface area contributed by atoms with Crippen LogP contribution in [-0.4, -0.2) is 40.8 Å². The third kappa shape index (κ3) is 3.67. The molecule has 1 atom stereocenters. The van der Waals surface area contributed by atoms with Crippen molar-refractivity contribution >= 4 is 28.6 Å². The van der Waals surface area contributed by atoms with Crippen molar-refractivity contribution in [3.8, 4) is 0 Å². The molecule has 3 heterocycles. The molecule has 3 N–H and O–H groups in total. The molecule has 12 heteroatoms. The molecule has 0 unspecified atom stereocenters. The standard InChI is InChI=1S/C18H16ClN7O4/c1-9-14-17(30-15(9)16(20)28)21-8-25(18(14)29)7-13-22-24-26(23-13)6-12(27)10-2-4-11(19)5-3-10/h2-5,8,12,27H,6-7H2,1H3,(H2,20,28)/t12-/m0/s1. The van der Waals surface area contributed by atoms with E-state index in [0.717, 1.165) is 0 Å². The first-order chi connectivity index (χ1) is 14.3. The van der Waals surface area contributed by atoms with Gasteiger partial charge in [0.1, 0.15) is 17.8 Å². The number of amides is 1. The summed E-state index contributed by atoms with van der Waals surface area (Å²) in [5.74, 6) is -0.634. The van der Waals surface area contributed by atoms with Crippen LogP contribution >= 0.6 is 11.6 Å². The van der Waals surface area contributed by atoms with Crippen LogP contribution in [0, 0.1) is 6.92 Å². The zero-order valence-corrected chi connectivity index (χ0v) is 16.4. The van der Waals surface area contributed by atoms with E-state index in [4.69, 9.17) is 21.8 Å². The van der Waals surface area contributed by atoms with Crippen LogP contribution in [0.4, 0.5) is 0 Å². The number of carbonyl (C=O) groups excluding carboxylic acids is 1. The number of primary amides is 1. The lowest BCUT2D eigenvalue weighted by molar-refractivity contribution is 0.0975. The summed E-state index contributed by atoms with van der Waals surface area (Å²) >= 11 is 5.85. The van der Waals surface area contributed by atoms with Crippen molar-refractivity contribution in [2.24, 2.45) is 5.73 Å². The number of aromatic nitrogens is 6. The first-order valence-electron chi connectivity index (χ1n) is 8.82. The van der Waals surface area contributed by atoms with E-state index in [1.807, 2.05) is 0 Å². The van der Waals surface area contributed by atoms with E-state index in [1.165, 1.54) is 15.7 Å². The third-order valence-electron chi connectivity index (χ3n) is 4.54. The number of furan rings is 1.